The summed E-state index contributed by atoms with van der Waals surface area (Å²) < 4.78 is 28.1. The zero-order chi connectivity index (χ0) is 20.0. The number of rotatable bonds is 8. The predicted molar refractivity (Wildman–Crippen MR) is 105 cm³/mol. The molecular weight excluding hydrogens is 390 g/mol. The average Bonchev–Trinajstić information content (AvgIpc) is 2.62. The maximum atomic E-state index is 12.4. The van der Waals surface area contributed by atoms with Gasteiger partial charge in [0, 0.05) is 10.7 Å². The largest absolute Gasteiger partial charge is 0.488 e. The Labute approximate surface area is 164 Å². The molecule has 1 unspecified atom stereocenters. The highest BCUT2D eigenvalue weighted by Gasteiger charge is 2.22. The summed E-state index contributed by atoms with van der Waals surface area (Å²) in [5, 5.41) is 8.47. The number of nitrogens with one attached hydrogen (secondary N) is 2. The SMILES string of the molecule is C[C@H](C(=O)Nc1ccc(S(N)(=O)=O)cc1)[NH+](C)CCOc1ccc(Cl)cc1. The fourth-order valence-electron chi connectivity index (χ4n) is 2.28. The first-order valence-corrected chi connectivity index (χ1v) is 10.2. The smallest absolute Gasteiger partial charge is 0.282 e. The van der Waals surface area contributed by atoms with E-state index in [2.05, 4.69) is 5.32 Å². The van der Waals surface area contributed by atoms with E-state index in [1.807, 2.05) is 14.0 Å². The van der Waals surface area contributed by atoms with E-state index in [4.69, 9.17) is 21.5 Å². The zero-order valence-electron chi connectivity index (χ0n) is 15.1. The number of quaternary nitrogens is 1. The normalized spacial score (nSPS) is 13.6. The molecule has 0 aliphatic carbocycles. The molecule has 0 spiro atoms. The van der Waals surface area contributed by atoms with E-state index in [9.17, 15) is 13.2 Å². The van der Waals surface area contributed by atoms with Crippen LogP contribution in [-0.4, -0.2) is 40.6 Å². The molecule has 2 rings (SSSR count). The molecule has 7 nitrogen and oxygen atoms in total. The summed E-state index contributed by atoms with van der Waals surface area (Å²) in [6, 6.07) is 12.5. The molecule has 0 fully saturated rings. The number of likely N-dealkylation sites (N-methyl/N-ethyl adjacent to an activating group) is 1. The molecule has 0 heterocycles. The number of benzene rings is 2. The van der Waals surface area contributed by atoms with E-state index in [0.29, 0.717) is 23.9 Å². The van der Waals surface area contributed by atoms with E-state index in [1.165, 1.54) is 24.3 Å². The zero-order valence-corrected chi connectivity index (χ0v) is 16.7. The van der Waals surface area contributed by atoms with E-state index < -0.39 is 10.0 Å². The molecule has 2 aromatic carbocycles. The Morgan fingerprint density at radius 1 is 1.19 bits per heavy atom. The van der Waals surface area contributed by atoms with Crippen LogP contribution in [0.1, 0.15) is 6.92 Å². The second kappa shape index (κ2) is 9.18. The quantitative estimate of drug-likeness (QED) is 0.599. The van der Waals surface area contributed by atoms with Gasteiger partial charge in [0.1, 0.15) is 18.9 Å². The number of amides is 1. The van der Waals surface area contributed by atoms with Crippen LogP contribution in [0.4, 0.5) is 5.69 Å². The van der Waals surface area contributed by atoms with Crippen molar-refractivity contribution in [1.29, 1.82) is 0 Å². The lowest BCUT2D eigenvalue weighted by Crippen LogP contribution is -3.14. The fourth-order valence-corrected chi connectivity index (χ4v) is 2.92. The number of ether oxygens (including phenoxy) is 1. The minimum absolute atomic E-state index is 0.00404. The summed E-state index contributed by atoms with van der Waals surface area (Å²) in [6.07, 6.45) is 0. The second-order valence-corrected chi connectivity index (χ2v) is 8.18. The van der Waals surface area contributed by atoms with Crippen LogP contribution in [0.15, 0.2) is 53.4 Å². The number of primary sulfonamides is 1. The maximum Gasteiger partial charge on any atom is 0.282 e. The van der Waals surface area contributed by atoms with Crippen molar-refractivity contribution in [2.75, 3.05) is 25.5 Å². The maximum absolute atomic E-state index is 12.4. The molecule has 0 aliphatic rings. The van der Waals surface area contributed by atoms with Gasteiger partial charge in [-0.15, -0.1) is 0 Å². The van der Waals surface area contributed by atoms with Gasteiger partial charge < -0.3 is 15.0 Å². The molecule has 0 saturated heterocycles. The van der Waals surface area contributed by atoms with Gasteiger partial charge in [-0.25, -0.2) is 13.6 Å². The molecule has 0 saturated carbocycles. The van der Waals surface area contributed by atoms with E-state index in [0.717, 1.165) is 10.6 Å². The first-order valence-electron chi connectivity index (χ1n) is 8.31. The van der Waals surface area contributed by atoms with Crippen LogP contribution in [0.25, 0.3) is 0 Å². The van der Waals surface area contributed by atoms with Crippen LogP contribution in [0.2, 0.25) is 5.02 Å². The highest BCUT2D eigenvalue weighted by molar-refractivity contribution is 7.89. The number of hydrogen-bond donors (Lipinski definition) is 3. The van der Waals surface area contributed by atoms with Crippen LogP contribution in [0, 0.1) is 0 Å². The van der Waals surface area contributed by atoms with Crippen molar-refractivity contribution in [2.24, 2.45) is 5.14 Å². The topological polar surface area (TPSA) is 103 Å². The molecule has 27 heavy (non-hydrogen) atoms. The Kier molecular flexibility index (Phi) is 7.20. The van der Waals surface area contributed by atoms with Crippen LogP contribution < -0.4 is 20.1 Å². The van der Waals surface area contributed by atoms with Crippen molar-refractivity contribution in [1.82, 2.24) is 0 Å². The molecule has 146 valence electrons. The number of halogens is 1. The third-order valence-corrected chi connectivity index (χ3v) is 5.34. The van der Waals surface area contributed by atoms with Crippen molar-refractivity contribution in [2.45, 2.75) is 17.9 Å². The third kappa shape index (κ3) is 6.51. The van der Waals surface area contributed by atoms with Crippen LogP contribution >= 0.6 is 11.6 Å². The van der Waals surface area contributed by atoms with Gasteiger partial charge in [0.15, 0.2) is 6.04 Å². The van der Waals surface area contributed by atoms with Gasteiger partial charge in [-0.05, 0) is 55.5 Å². The molecule has 1 amide bonds. The Bertz CT molecular complexity index is 870. The molecule has 4 N–H and O–H groups in total. The summed E-state index contributed by atoms with van der Waals surface area (Å²) in [5.74, 6) is 0.543. The minimum Gasteiger partial charge on any atom is -0.488 e. The molecular formula is C18H23ClN3O4S+. The lowest BCUT2D eigenvalue weighted by molar-refractivity contribution is -0.894. The average molecular weight is 413 g/mol. The number of carbonyl (C=O) groups is 1. The summed E-state index contributed by atoms with van der Waals surface area (Å²) >= 11 is 5.83. The van der Waals surface area contributed by atoms with Gasteiger partial charge in [-0.1, -0.05) is 11.6 Å². The number of nitrogens with two attached hydrogens (primary N) is 1. The van der Waals surface area contributed by atoms with E-state index in [-0.39, 0.29) is 16.8 Å². The highest BCUT2D eigenvalue weighted by atomic mass is 35.5. The van der Waals surface area contributed by atoms with Crippen molar-refractivity contribution < 1.29 is 22.8 Å². The van der Waals surface area contributed by atoms with Crippen molar-refractivity contribution in [3.8, 4) is 5.75 Å². The monoisotopic (exact) mass is 412 g/mol. The molecule has 0 aliphatic heterocycles. The van der Waals surface area contributed by atoms with Crippen LogP contribution in [-0.2, 0) is 14.8 Å². The lowest BCUT2D eigenvalue weighted by Gasteiger charge is -2.21. The Balaban J connectivity index is 1.83. The summed E-state index contributed by atoms with van der Waals surface area (Å²) in [4.78, 5) is 13.3. The molecule has 0 bridgehead atoms. The van der Waals surface area contributed by atoms with Gasteiger partial charge in [-0.2, -0.15) is 0 Å². The first-order chi connectivity index (χ1) is 12.7. The van der Waals surface area contributed by atoms with Crippen LogP contribution in [0.5, 0.6) is 5.75 Å². The number of carbonyl (C=O) groups excluding carboxylic acids is 1. The minimum atomic E-state index is -3.75. The summed E-state index contributed by atoms with van der Waals surface area (Å²) in [7, 11) is -1.85. The van der Waals surface area contributed by atoms with Gasteiger partial charge in [-0.3, -0.25) is 4.79 Å². The highest BCUT2D eigenvalue weighted by Crippen LogP contribution is 2.15. The third-order valence-electron chi connectivity index (χ3n) is 4.16. The van der Waals surface area contributed by atoms with Gasteiger partial charge >= 0.3 is 0 Å². The molecule has 9 heteroatoms. The van der Waals surface area contributed by atoms with Crippen molar-refractivity contribution in [3.63, 3.8) is 0 Å². The molecule has 2 atom stereocenters. The Hall–Kier alpha value is -2.13. The predicted octanol–water partition coefficient (Wildman–Crippen LogP) is 0.908. The van der Waals surface area contributed by atoms with E-state index in [1.54, 1.807) is 24.3 Å². The van der Waals surface area contributed by atoms with Gasteiger partial charge in [0.2, 0.25) is 10.0 Å². The fraction of sp³-hybridized carbons (Fsp3) is 0.278. The van der Waals surface area contributed by atoms with Crippen LogP contribution in [0.3, 0.4) is 0 Å². The summed E-state index contributed by atoms with van der Waals surface area (Å²) in [5.41, 5.74) is 0.504. The standard InChI is InChI=1S/C18H22ClN3O4S/c1-13(22(2)11-12-26-16-7-3-14(19)4-8-16)18(23)21-15-5-9-17(10-6-15)27(20,24)25/h3-10,13H,11-12H2,1-2H3,(H,21,23)(H2,20,24,25)/p+1/t13-/m1/s1. The first kappa shape index (κ1) is 21.2. The number of hydrogen-bond acceptors (Lipinski definition) is 4. The lowest BCUT2D eigenvalue weighted by atomic mass is 10.2. The molecule has 0 aromatic heterocycles. The number of anilines is 1. The van der Waals surface area contributed by atoms with Gasteiger partial charge in [0.25, 0.3) is 5.91 Å². The molecule has 2 aromatic rings. The second-order valence-electron chi connectivity index (χ2n) is 6.18. The van der Waals surface area contributed by atoms with Crippen molar-refractivity contribution >= 4 is 33.2 Å². The van der Waals surface area contributed by atoms with Gasteiger partial charge in [0.05, 0.1) is 11.9 Å². The van der Waals surface area contributed by atoms with E-state index >= 15 is 0 Å². The molecule has 0 radical (unpaired) electrons. The van der Waals surface area contributed by atoms with Crippen molar-refractivity contribution in [3.05, 3.63) is 53.6 Å². The Morgan fingerprint density at radius 3 is 2.33 bits per heavy atom. The Morgan fingerprint density at radius 2 is 1.78 bits per heavy atom. The number of sulfonamides is 1. The summed E-state index contributed by atoms with van der Waals surface area (Å²) in [6.45, 7) is 2.89.